The lowest BCUT2D eigenvalue weighted by Crippen LogP contribution is -1.97. The van der Waals surface area contributed by atoms with Gasteiger partial charge >= 0.3 is 0 Å². The first-order valence-corrected chi connectivity index (χ1v) is 3.72. The summed E-state index contributed by atoms with van der Waals surface area (Å²) in [6.45, 7) is 0.388. The maximum Gasteiger partial charge on any atom is 0.127 e. The Bertz CT molecular complexity index is 227. The van der Waals surface area contributed by atoms with Crippen LogP contribution in [0.1, 0.15) is 0 Å². The third-order valence-electron chi connectivity index (χ3n) is 1.07. The largest absolute Gasteiger partial charge is 0.492 e. The third kappa shape index (κ3) is 2.76. The van der Waals surface area contributed by atoms with Crippen LogP contribution in [0.2, 0.25) is 0 Å². The monoisotopic (exact) mass is 173 g/mol. The molecule has 0 N–H and O–H groups in total. The van der Waals surface area contributed by atoms with Gasteiger partial charge in [-0.1, -0.05) is 0 Å². The Morgan fingerprint density at radius 2 is 2.36 bits per heavy atom. The number of rotatable bonds is 3. The number of ether oxygens (including phenoxy) is 1. The minimum atomic E-state index is -0.350. The Labute approximate surface area is 69.7 Å². The minimum Gasteiger partial charge on any atom is -0.492 e. The molecule has 1 aromatic carbocycles. The van der Waals surface area contributed by atoms with Crippen molar-refractivity contribution >= 4 is 11.6 Å². The first-order valence-electron chi connectivity index (χ1n) is 3.18. The lowest BCUT2D eigenvalue weighted by Gasteiger charge is -2.01. The van der Waals surface area contributed by atoms with E-state index in [-0.39, 0.29) is 5.82 Å². The molecule has 0 saturated carbocycles. The molecule has 0 amide bonds. The predicted molar refractivity (Wildman–Crippen MR) is 41.5 cm³/mol. The normalized spacial score (nSPS) is 9.64. The summed E-state index contributed by atoms with van der Waals surface area (Å²) in [7, 11) is 0. The average Bonchev–Trinajstić information content (AvgIpc) is 2.01. The zero-order valence-corrected chi connectivity index (χ0v) is 6.57. The fourth-order valence-electron chi connectivity index (χ4n) is 0.662. The summed E-state index contributed by atoms with van der Waals surface area (Å²) < 4.78 is 17.5. The van der Waals surface area contributed by atoms with Crippen molar-refractivity contribution < 1.29 is 9.13 Å². The quantitative estimate of drug-likeness (QED) is 0.637. The molecule has 0 heterocycles. The molecule has 11 heavy (non-hydrogen) atoms. The second kappa shape index (κ2) is 4.19. The SMILES string of the molecule is Fc1c[c]cc(OCCCl)c1. The molecule has 0 fully saturated rings. The Morgan fingerprint density at radius 3 is 3.00 bits per heavy atom. The first-order chi connectivity index (χ1) is 5.33. The molecule has 1 aromatic rings. The van der Waals surface area contributed by atoms with E-state index in [0.29, 0.717) is 18.2 Å². The van der Waals surface area contributed by atoms with E-state index in [1.807, 2.05) is 0 Å². The number of hydrogen-bond donors (Lipinski definition) is 0. The van der Waals surface area contributed by atoms with Crippen molar-refractivity contribution in [3.05, 3.63) is 30.1 Å². The van der Waals surface area contributed by atoms with E-state index in [1.54, 1.807) is 6.07 Å². The fraction of sp³-hybridized carbons (Fsp3) is 0.250. The number of alkyl halides is 1. The van der Waals surface area contributed by atoms with Crippen LogP contribution in [0.5, 0.6) is 5.75 Å². The molecule has 0 aromatic heterocycles. The van der Waals surface area contributed by atoms with Crippen LogP contribution in [-0.4, -0.2) is 12.5 Å². The van der Waals surface area contributed by atoms with Gasteiger partial charge in [-0.3, -0.25) is 0 Å². The third-order valence-corrected chi connectivity index (χ3v) is 1.23. The van der Waals surface area contributed by atoms with E-state index in [4.69, 9.17) is 16.3 Å². The highest BCUT2D eigenvalue weighted by Crippen LogP contribution is 2.10. The van der Waals surface area contributed by atoms with E-state index < -0.39 is 0 Å². The lowest BCUT2D eigenvalue weighted by molar-refractivity contribution is 0.340. The highest BCUT2D eigenvalue weighted by molar-refractivity contribution is 6.17. The van der Waals surface area contributed by atoms with Crippen molar-refractivity contribution in [2.75, 3.05) is 12.5 Å². The molecule has 0 aliphatic heterocycles. The minimum absolute atomic E-state index is 0.350. The van der Waals surface area contributed by atoms with E-state index in [1.165, 1.54) is 12.1 Å². The van der Waals surface area contributed by atoms with Crippen molar-refractivity contribution in [1.82, 2.24) is 0 Å². The summed E-state index contributed by atoms with van der Waals surface area (Å²) in [5.41, 5.74) is 0. The van der Waals surface area contributed by atoms with Crippen LogP contribution in [0, 0.1) is 11.9 Å². The summed E-state index contributed by atoms with van der Waals surface area (Å²) in [6, 6.07) is 6.70. The fourth-order valence-corrected chi connectivity index (χ4v) is 0.740. The standard InChI is InChI=1S/C8H7ClFO/c9-4-5-11-8-3-1-2-7(10)6-8/h2-3,6H,4-5H2. The molecule has 0 spiro atoms. The average molecular weight is 174 g/mol. The van der Waals surface area contributed by atoms with Gasteiger partial charge < -0.3 is 4.74 Å². The van der Waals surface area contributed by atoms with Crippen LogP contribution in [0.15, 0.2) is 18.2 Å². The summed E-state index contributed by atoms with van der Waals surface area (Å²) in [6.07, 6.45) is 0. The summed E-state index contributed by atoms with van der Waals surface area (Å²) in [5.74, 6) is 0.513. The molecule has 3 heteroatoms. The van der Waals surface area contributed by atoms with Gasteiger partial charge in [0.2, 0.25) is 0 Å². The Balaban J connectivity index is 2.56. The van der Waals surface area contributed by atoms with Crippen molar-refractivity contribution in [2.45, 2.75) is 0 Å². The molecular formula is C8H7ClFO. The zero-order chi connectivity index (χ0) is 8.10. The number of halogens is 2. The zero-order valence-electron chi connectivity index (χ0n) is 5.81. The van der Waals surface area contributed by atoms with Crippen molar-refractivity contribution in [3.8, 4) is 5.75 Å². The number of benzene rings is 1. The predicted octanol–water partition coefficient (Wildman–Crippen LogP) is 2.24. The maximum atomic E-state index is 12.5. The summed E-state index contributed by atoms with van der Waals surface area (Å²) in [4.78, 5) is 0. The van der Waals surface area contributed by atoms with E-state index in [2.05, 4.69) is 6.07 Å². The molecule has 0 unspecified atom stereocenters. The molecular weight excluding hydrogens is 167 g/mol. The Hall–Kier alpha value is -0.760. The molecule has 0 bridgehead atoms. The Morgan fingerprint density at radius 1 is 1.55 bits per heavy atom. The first kappa shape index (κ1) is 8.34. The van der Waals surface area contributed by atoms with E-state index in [9.17, 15) is 4.39 Å². The van der Waals surface area contributed by atoms with Gasteiger partial charge in [-0.2, -0.15) is 0 Å². The molecule has 59 valence electrons. The van der Waals surface area contributed by atoms with Gasteiger partial charge in [0.1, 0.15) is 18.2 Å². The van der Waals surface area contributed by atoms with Gasteiger partial charge in [0.05, 0.1) is 5.88 Å². The van der Waals surface area contributed by atoms with Crippen LogP contribution >= 0.6 is 11.6 Å². The molecule has 0 saturated heterocycles. The Kier molecular flexibility index (Phi) is 3.17. The molecule has 1 rings (SSSR count). The molecule has 1 radical (unpaired) electrons. The van der Waals surface area contributed by atoms with Gasteiger partial charge in [0, 0.05) is 6.07 Å². The van der Waals surface area contributed by atoms with Gasteiger partial charge in [0.15, 0.2) is 0 Å². The highest BCUT2D eigenvalue weighted by atomic mass is 35.5. The second-order valence-electron chi connectivity index (χ2n) is 1.92. The maximum absolute atomic E-state index is 12.5. The van der Waals surface area contributed by atoms with Crippen LogP contribution in [0.4, 0.5) is 4.39 Å². The van der Waals surface area contributed by atoms with E-state index >= 15 is 0 Å². The van der Waals surface area contributed by atoms with Crippen LogP contribution < -0.4 is 4.74 Å². The van der Waals surface area contributed by atoms with Gasteiger partial charge in [-0.15, -0.1) is 11.6 Å². The van der Waals surface area contributed by atoms with Gasteiger partial charge in [-0.25, -0.2) is 4.39 Å². The molecule has 1 nitrogen and oxygen atoms in total. The highest BCUT2D eigenvalue weighted by Gasteiger charge is 1.93. The summed E-state index contributed by atoms with van der Waals surface area (Å²) in [5, 5.41) is 0. The van der Waals surface area contributed by atoms with Crippen LogP contribution in [-0.2, 0) is 0 Å². The molecule has 0 aliphatic carbocycles. The molecule has 0 aliphatic rings. The van der Waals surface area contributed by atoms with Crippen LogP contribution in [0.25, 0.3) is 0 Å². The van der Waals surface area contributed by atoms with E-state index in [0.717, 1.165) is 0 Å². The number of hydrogen-bond acceptors (Lipinski definition) is 1. The molecule has 0 atom stereocenters. The van der Waals surface area contributed by atoms with Gasteiger partial charge in [-0.05, 0) is 18.2 Å². The van der Waals surface area contributed by atoms with Crippen LogP contribution in [0.3, 0.4) is 0 Å². The lowest BCUT2D eigenvalue weighted by atomic mass is 10.3. The van der Waals surface area contributed by atoms with Crippen molar-refractivity contribution in [2.24, 2.45) is 0 Å². The second-order valence-corrected chi connectivity index (χ2v) is 2.30. The van der Waals surface area contributed by atoms with Gasteiger partial charge in [0.25, 0.3) is 0 Å². The topological polar surface area (TPSA) is 9.23 Å². The van der Waals surface area contributed by atoms with Crippen molar-refractivity contribution in [1.29, 1.82) is 0 Å². The smallest absolute Gasteiger partial charge is 0.127 e. The van der Waals surface area contributed by atoms with Crippen molar-refractivity contribution in [3.63, 3.8) is 0 Å². The summed E-state index contributed by atoms with van der Waals surface area (Å²) >= 11 is 5.36.